The summed E-state index contributed by atoms with van der Waals surface area (Å²) in [4.78, 5) is 8.03. The van der Waals surface area contributed by atoms with Crippen LogP contribution in [0.15, 0.2) is 200 Å². The van der Waals surface area contributed by atoms with Gasteiger partial charge in [0.1, 0.15) is 5.82 Å². The number of hydrogen-bond donors (Lipinski definition) is 0. The van der Waals surface area contributed by atoms with Crippen LogP contribution in [-0.4, -0.2) is 9.55 Å². The van der Waals surface area contributed by atoms with Crippen LogP contribution in [0.2, 0.25) is 0 Å². The molecule has 0 amide bonds. The molecule has 0 saturated heterocycles. The zero-order chi connectivity index (χ0) is 38.1. The van der Waals surface area contributed by atoms with E-state index in [0.29, 0.717) is 5.92 Å². The second-order valence-electron chi connectivity index (χ2n) is 16.0. The molecule has 3 nitrogen and oxygen atoms in total. The summed E-state index contributed by atoms with van der Waals surface area (Å²) in [5, 5.41) is 4.95. The first-order valence-corrected chi connectivity index (χ1v) is 20.0. The molecule has 1 aliphatic heterocycles. The third-order valence-corrected chi connectivity index (χ3v) is 12.4. The van der Waals surface area contributed by atoms with Gasteiger partial charge in [-0.1, -0.05) is 166 Å². The summed E-state index contributed by atoms with van der Waals surface area (Å²) < 4.78 is 2.44. The minimum atomic E-state index is -0.0504. The van der Waals surface area contributed by atoms with Gasteiger partial charge in [0.05, 0.1) is 16.7 Å². The zero-order valence-electron chi connectivity index (χ0n) is 32.1. The lowest BCUT2D eigenvalue weighted by Crippen LogP contribution is -2.42. The van der Waals surface area contributed by atoms with Crippen molar-refractivity contribution in [3.63, 3.8) is 0 Å². The number of rotatable bonds is 5. The molecule has 272 valence electrons. The Balaban J connectivity index is 1.20. The second-order valence-corrected chi connectivity index (χ2v) is 16.0. The van der Waals surface area contributed by atoms with E-state index in [1.807, 2.05) is 0 Å². The van der Waals surface area contributed by atoms with Crippen molar-refractivity contribution in [3.05, 3.63) is 211 Å². The molecule has 0 spiro atoms. The first kappa shape index (κ1) is 33.4. The number of allylic oxidation sites excluding steroid dienone is 4. The Labute approximate surface area is 333 Å². The van der Waals surface area contributed by atoms with E-state index in [1.54, 1.807) is 0 Å². The maximum Gasteiger partial charge on any atom is 0.138 e. The molecular weight excluding hydrogens is 691 g/mol. The van der Waals surface area contributed by atoms with Crippen molar-refractivity contribution in [1.82, 2.24) is 9.55 Å². The standard InChI is InChI=1S/C54H41N3/c1-54(2)45-27-14-15-28-48(45)56(41-22-10-5-11-23-41)50-34-39(29-31-46(50)54)43-25-16-26-44-52-42-24-13-12-19-37(42)30-32-49(52)57(53(43)44)51-35-40(36-17-6-3-7-18-36)33-47(55-51)38-20-8-4-9-21-38/h3-30,32-35,46H,31H2,1-2H3. The molecule has 0 fully saturated rings. The molecule has 57 heavy (non-hydrogen) atoms. The topological polar surface area (TPSA) is 21.1 Å². The van der Waals surface area contributed by atoms with Crippen LogP contribution >= 0.6 is 0 Å². The Morgan fingerprint density at radius 1 is 0.596 bits per heavy atom. The highest BCUT2D eigenvalue weighted by Gasteiger charge is 2.44. The van der Waals surface area contributed by atoms with Crippen LogP contribution in [0.5, 0.6) is 0 Å². The molecule has 3 heteroatoms. The Kier molecular flexibility index (Phi) is 7.65. The molecule has 0 saturated carbocycles. The van der Waals surface area contributed by atoms with Crippen molar-refractivity contribution in [2.75, 3.05) is 4.90 Å². The average Bonchev–Trinajstić information content (AvgIpc) is 3.62. The van der Waals surface area contributed by atoms with Gasteiger partial charge in [-0.2, -0.15) is 0 Å². The largest absolute Gasteiger partial charge is 0.314 e. The minimum absolute atomic E-state index is 0.0504. The highest BCUT2D eigenvalue weighted by Crippen LogP contribution is 2.54. The van der Waals surface area contributed by atoms with E-state index in [2.05, 4.69) is 217 Å². The van der Waals surface area contributed by atoms with Crippen LogP contribution in [0, 0.1) is 5.92 Å². The lowest BCUT2D eigenvalue weighted by molar-refractivity contribution is 0.350. The molecule has 7 aromatic carbocycles. The van der Waals surface area contributed by atoms with Crippen LogP contribution in [0.4, 0.5) is 11.4 Å². The Hall–Kier alpha value is -6.97. The van der Waals surface area contributed by atoms with Crippen LogP contribution < -0.4 is 4.90 Å². The number of pyridine rings is 1. The molecule has 0 radical (unpaired) electrons. The maximum atomic E-state index is 5.52. The monoisotopic (exact) mass is 731 g/mol. The molecule has 0 bridgehead atoms. The van der Waals surface area contributed by atoms with E-state index in [4.69, 9.17) is 4.98 Å². The number of hydrogen-bond acceptors (Lipinski definition) is 2. The van der Waals surface area contributed by atoms with Gasteiger partial charge >= 0.3 is 0 Å². The van der Waals surface area contributed by atoms with Crippen molar-refractivity contribution in [1.29, 1.82) is 0 Å². The number of anilines is 2. The summed E-state index contributed by atoms with van der Waals surface area (Å²) in [6.07, 6.45) is 5.91. The average molecular weight is 732 g/mol. The third-order valence-electron chi connectivity index (χ3n) is 12.4. The van der Waals surface area contributed by atoms with Crippen molar-refractivity contribution < 1.29 is 0 Å². The lowest BCUT2D eigenvalue weighted by Gasteiger charge is -2.49. The third kappa shape index (κ3) is 5.30. The summed E-state index contributed by atoms with van der Waals surface area (Å²) >= 11 is 0. The summed E-state index contributed by atoms with van der Waals surface area (Å²) in [7, 11) is 0. The normalized spacial score (nSPS) is 16.0. The maximum absolute atomic E-state index is 5.52. The molecule has 0 N–H and O–H groups in total. The molecule has 11 rings (SSSR count). The Morgan fingerprint density at radius 2 is 1.28 bits per heavy atom. The van der Waals surface area contributed by atoms with Gasteiger partial charge in [0.2, 0.25) is 0 Å². The van der Waals surface area contributed by atoms with Gasteiger partial charge in [0.15, 0.2) is 0 Å². The van der Waals surface area contributed by atoms with Gasteiger partial charge in [0.25, 0.3) is 0 Å². The van der Waals surface area contributed by atoms with E-state index in [9.17, 15) is 0 Å². The van der Waals surface area contributed by atoms with E-state index in [0.717, 1.165) is 40.1 Å². The summed E-state index contributed by atoms with van der Waals surface area (Å²) in [5.41, 5.74) is 14.2. The fourth-order valence-electron chi connectivity index (χ4n) is 9.65. The molecule has 2 aliphatic rings. The van der Waals surface area contributed by atoms with Crippen LogP contribution in [0.3, 0.4) is 0 Å². The van der Waals surface area contributed by atoms with Crippen LogP contribution in [0.1, 0.15) is 31.4 Å². The summed E-state index contributed by atoms with van der Waals surface area (Å²) in [6.45, 7) is 4.84. The number of benzene rings is 7. The Morgan fingerprint density at radius 3 is 2.09 bits per heavy atom. The molecule has 1 atom stereocenters. The highest BCUT2D eigenvalue weighted by molar-refractivity contribution is 6.23. The van der Waals surface area contributed by atoms with E-state index < -0.39 is 0 Å². The quantitative estimate of drug-likeness (QED) is 0.176. The summed E-state index contributed by atoms with van der Waals surface area (Å²) in [6, 6.07) is 65.8. The molecular formula is C54H41N3. The number of aromatic nitrogens is 2. The van der Waals surface area contributed by atoms with Crippen molar-refractivity contribution in [3.8, 4) is 28.2 Å². The van der Waals surface area contributed by atoms with Crippen LogP contribution in [-0.2, 0) is 5.41 Å². The molecule has 3 heterocycles. The molecule has 1 unspecified atom stereocenters. The SMILES string of the molecule is CC1(C)c2ccccc2N(c2ccccc2)C2=CC(c3cccc4c5c6ccccc6ccc5n(-c5cc(-c6ccccc6)cc(-c6ccccc6)n5)c34)=CCC21. The van der Waals surface area contributed by atoms with E-state index in [1.165, 1.54) is 60.8 Å². The molecule has 1 aliphatic carbocycles. The minimum Gasteiger partial charge on any atom is -0.314 e. The van der Waals surface area contributed by atoms with Gasteiger partial charge in [-0.3, -0.25) is 4.57 Å². The molecule has 9 aromatic rings. The van der Waals surface area contributed by atoms with Gasteiger partial charge in [-0.15, -0.1) is 0 Å². The second kappa shape index (κ2) is 13.1. The predicted molar refractivity (Wildman–Crippen MR) is 239 cm³/mol. The predicted octanol–water partition coefficient (Wildman–Crippen LogP) is 14.1. The summed E-state index contributed by atoms with van der Waals surface area (Å²) in [5.74, 6) is 1.21. The van der Waals surface area contributed by atoms with Crippen molar-refractivity contribution in [2.24, 2.45) is 5.92 Å². The van der Waals surface area contributed by atoms with Crippen molar-refractivity contribution in [2.45, 2.75) is 25.7 Å². The first-order chi connectivity index (χ1) is 28.0. The van der Waals surface area contributed by atoms with Gasteiger partial charge in [0, 0.05) is 50.3 Å². The lowest BCUT2D eigenvalue weighted by atomic mass is 9.65. The van der Waals surface area contributed by atoms with Crippen molar-refractivity contribution >= 4 is 49.5 Å². The van der Waals surface area contributed by atoms with E-state index in [-0.39, 0.29) is 5.41 Å². The number of nitrogens with zero attached hydrogens (tertiary/aromatic N) is 3. The van der Waals surface area contributed by atoms with Gasteiger partial charge in [-0.25, -0.2) is 4.98 Å². The molecule has 2 aromatic heterocycles. The van der Waals surface area contributed by atoms with E-state index >= 15 is 0 Å². The van der Waals surface area contributed by atoms with Gasteiger partial charge < -0.3 is 4.90 Å². The van der Waals surface area contributed by atoms with Gasteiger partial charge in [-0.05, 0) is 81.9 Å². The number of fused-ring (bicyclic) bond motifs is 7. The highest BCUT2D eigenvalue weighted by atomic mass is 15.2. The zero-order valence-corrected chi connectivity index (χ0v) is 32.1. The first-order valence-electron chi connectivity index (χ1n) is 20.0. The smallest absolute Gasteiger partial charge is 0.138 e. The fraction of sp³-hybridized carbons (Fsp3) is 0.0926. The van der Waals surface area contributed by atoms with Crippen LogP contribution in [0.25, 0.3) is 66.4 Å². The number of para-hydroxylation sites is 3. The Bertz CT molecular complexity index is 3000. The fourth-order valence-corrected chi connectivity index (χ4v) is 9.65.